The minimum Gasteiger partial charge on any atom is -0.336 e. The van der Waals surface area contributed by atoms with Crippen LogP contribution in [0.25, 0.3) is 0 Å². The Hall–Kier alpha value is -1.57. The standard InChI is InChI=1S/C17H24N2OSi/c1-18-9-11-19(12-10-18)17(20)16-7-5-6-15(14-16)8-13-21(2,3)4/h5-7,14H,9-12H2,1-4H3. The van der Waals surface area contributed by atoms with Gasteiger partial charge in [0, 0.05) is 37.3 Å². The van der Waals surface area contributed by atoms with Crippen molar-refractivity contribution in [1.82, 2.24) is 9.80 Å². The minimum atomic E-state index is -1.39. The lowest BCUT2D eigenvalue weighted by atomic mass is 10.1. The van der Waals surface area contributed by atoms with Crippen molar-refractivity contribution in [3.63, 3.8) is 0 Å². The van der Waals surface area contributed by atoms with Crippen LogP contribution in [0.4, 0.5) is 0 Å². The monoisotopic (exact) mass is 300 g/mol. The third-order valence-electron chi connectivity index (χ3n) is 3.48. The first-order valence-electron chi connectivity index (χ1n) is 7.46. The quantitative estimate of drug-likeness (QED) is 0.587. The second-order valence-corrected chi connectivity index (χ2v) is 11.4. The van der Waals surface area contributed by atoms with Gasteiger partial charge in [-0.2, -0.15) is 0 Å². The third kappa shape index (κ3) is 4.73. The Morgan fingerprint density at radius 3 is 2.43 bits per heavy atom. The lowest BCUT2D eigenvalue weighted by Crippen LogP contribution is -2.47. The molecule has 0 aromatic heterocycles. The van der Waals surface area contributed by atoms with Crippen LogP contribution < -0.4 is 0 Å². The molecule has 0 saturated carbocycles. The van der Waals surface area contributed by atoms with Crippen molar-refractivity contribution >= 4 is 14.0 Å². The van der Waals surface area contributed by atoms with Crippen LogP contribution in [0.15, 0.2) is 24.3 Å². The predicted molar refractivity (Wildman–Crippen MR) is 90.1 cm³/mol. The molecule has 1 aromatic rings. The highest BCUT2D eigenvalue weighted by Crippen LogP contribution is 2.10. The zero-order valence-electron chi connectivity index (χ0n) is 13.4. The number of hydrogen-bond acceptors (Lipinski definition) is 2. The van der Waals surface area contributed by atoms with E-state index in [1.165, 1.54) is 0 Å². The molecule has 1 heterocycles. The fourth-order valence-corrected chi connectivity index (χ4v) is 2.70. The molecular formula is C17H24N2OSi. The van der Waals surface area contributed by atoms with Crippen LogP contribution in [0, 0.1) is 11.5 Å². The van der Waals surface area contributed by atoms with Crippen molar-refractivity contribution in [2.45, 2.75) is 19.6 Å². The molecule has 21 heavy (non-hydrogen) atoms. The Bertz CT molecular complexity index is 572. The topological polar surface area (TPSA) is 23.6 Å². The molecule has 0 N–H and O–H groups in total. The zero-order valence-corrected chi connectivity index (χ0v) is 14.4. The van der Waals surface area contributed by atoms with E-state index in [1.807, 2.05) is 29.2 Å². The maximum atomic E-state index is 12.5. The molecule has 2 rings (SSSR count). The van der Waals surface area contributed by atoms with Gasteiger partial charge >= 0.3 is 0 Å². The smallest absolute Gasteiger partial charge is 0.253 e. The Balaban J connectivity index is 2.13. The fourth-order valence-electron chi connectivity index (χ4n) is 2.18. The number of amides is 1. The van der Waals surface area contributed by atoms with Crippen molar-refractivity contribution < 1.29 is 4.79 Å². The largest absolute Gasteiger partial charge is 0.336 e. The molecule has 1 aliphatic rings. The number of nitrogens with zero attached hydrogens (tertiary/aromatic N) is 2. The summed E-state index contributed by atoms with van der Waals surface area (Å²) in [6.07, 6.45) is 0. The second-order valence-electron chi connectivity index (χ2n) is 6.68. The molecule has 112 valence electrons. The van der Waals surface area contributed by atoms with Crippen molar-refractivity contribution in [2.24, 2.45) is 0 Å². The summed E-state index contributed by atoms with van der Waals surface area (Å²) >= 11 is 0. The maximum absolute atomic E-state index is 12.5. The van der Waals surface area contributed by atoms with E-state index in [9.17, 15) is 4.79 Å². The minimum absolute atomic E-state index is 0.125. The van der Waals surface area contributed by atoms with E-state index in [1.54, 1.807) is 0 Å². The van der Waals surface area contributed by atoms with Gasteiger partial charge in [0.1, 0.15) is 8.07 Å². The number of likely N-dealkylation sites (N-methyl/N-ethyl adjacent to an activating group) is 1. The zero-order chi connectivity index (χ0) is 15.5. The van der Waals surface area contributed by atoms with Crippen LogP contribution in [0.1, 0.15) is 15.9 Å². The lowest BCUT2D eigenvalue weighted by molar-refractivity contribution is 0.0664. The van der Waals surface area contributed by atoms with Crippen molar-refractivity contribution in [2.75, 3.05) is 33.2 Å². The molecule has 0 aliphatic carbocycles. The van der Waals surface area contributed by atoms with Gasteiger partial charge in [0.05, 0.1) is 0 Å². The molecule has 3 nitrogen and oxygen atoms in total. The molecule has 4 heteroatoms. The van der Waals surface area contributed by atoms with Gasteiger partial charge in [-0.1, -0.05) is 31.6 Å². The van der Waals surface area contributed by atoms with Gasteiger partial charge in [-0.25, -0.2) is 0 Å². The highest BCUT2D eigenvalue weighted by molar-refractivity contribution is 6.83. The lowest BCUT2D eigenvalue weighted by Gasteiger charge is -2.32. The predicted octanol–water partition coefficient (Wildman–Crippen LogP) is 2.30. The molecule has 0 radical (unpaired) electrons. The second kappa shape index (κ2) is 6.46. The highest BCUT2D eigenvalue weighted by Gasteiger charge is 2.20. The molecular weight excluding hydrogens is 276 g/mol. The molecule has 1 saturated heterocycles. The van der Waals surface area contributed by atoms with Crippen LogP contribution in [0.2, 0.25) is 19.6 Å². The average Bonchev–Trinajstić information content (AvgIpc) is 2.45. The van der Waals surface area contributed by atoms with E-state index in [2.05, 4.69) is 43.1 Å². The van der Waals surface area contributed by atoms with Gasteiger partial charge in [0.15, 0.2) is 0 Å². The summed E-state index contributed by atoms with van der Waals surface area (Å²) in [5.74, 6) is 3.35. The maximum Gasteiger partial charge on any atom is 0.253 e. The third-order valence-corrected chi connectivity index (χ3v) is 4.36. The normalized spacial score (nSPS) is 16.3. The van der Waals surface area contributed by atoms with Crippen LogP contribution in [0.3, 0.4) is 0 Å². The van der Waals surface area contributed by atoms with E-state index >= 15 is 0 Å². The van der Waals surface area contributed by atoms with Crippen LogP contribution in [-0.2, 0) is 0 Å². The molecule has 1 aromatic carbocycles. The molecule has 0 bridgehead atoms. The first-order valence-corrected chi connectivity index (χ1v) is 11.0. The van der Waals surface area contributed by atoms with Crippen LogP contribution >= 0.6 is 0 Å². The number of hydrogen-bond donors (Lipinski definition) is 0. The molecule has 0 spiro atoms. The molecule has 1 amide bonds. The number of rotatable bonds is 1. The van der Waals surface area contributed by atoms with Crippen LogP contribution in [-0.4, -0.2) is 57.0 Å². The molecule has 0 atom stereocenters. The van der Waals surface area contributed by atoms with E-state index in [-0.39, 0.29) is 5.91 Å². The van der Waals surface area contributed by atoms with Crippen molar-refractivity contribution in [3.8, 4) is 11.5 Å². The average molecular weight is 300 g/mol. The van der Waals surface area contributed by atoms with Crippen molar-refractivity contribution in [1.29, 1.82) is 0 Å². The van der Waals surface area contributed by atoms with Crippen molar-refractivity contribution in [3.05, 3.63) is 35.4 Å². The molecule has 1 fully saturated rings. The van der Waals surface area contributed by atoms with Crippen LogP contribution in [0.5, 0.6) is 0 Å². The van der Waals surface area contributed by atoms with Gasteiger partial charge in [0.25, 0.3) is 5.91 Å². The van der Waals surface area contributed by atoms with Gasteiger partial charge in [0.2, 0.25) is 0 Å². The summed E-state index contributed by atoms with van der Waals surface area (Å²) in [5.41, 5.74) is 5.04. The summed E-state index contributed by atoms with van der Waals surface area (Å²) in [5, 5.41) is 0. The van der Waals surface area contributed by atoms with E-state index < -0.39 is 8.07 Å². The number of carbonyl (C=O) groups excluding carboxylic acids is 1. The summed E-state index contributed by atoms with van der Waals surface area (Å²) < 4.78 is 0. The first kappa shape index (κ1) is 15.8. The Morgan fingerprint density at radius 2 is 1.81 bits per heavy atom. The van der Waals surface area contributed by atoms with E-state index in [0.717, 1.165) is 37.3 Å². The van der Waals surface area contributed by atoms with E-state index in [4.69, 9.17) is 0 Å². The summed E-state index contributed by atoms with van der Waals surface area (Å²) in [7, 11) is 0.705. The Morgan fingerprint density at radius 1 is 1.14 bits per heavy atom. The van der Waals surface area contributed by atoms with Gasteiger partial charge in [-0.05, 0) is 25.2 Å². The summed E-state index contributed by atoms with van der Waals surface area (Å²) in [4.78, 5) is 16.7. The van der Waals surface area contributed by atoms with E-state index in [0.29, 0.717) is 0 Å². The number of carbonyl (C=O) groups is 1. The van der Waals surface area contributed by atoms with Gasteiger partial charge in [-0.3, -0.25) is 4.79 Å². The van der Waals surface area contributed by atoms with Gasteiger partial charge < -0.3 is 9.80 Å². The number of piperazine rings is 1. The fraction of sp³-hybridized carbons (Fsp3) is 0.471. The molecule has 1 aliphatic heterocycles. The first-order chi connectivity index (χ1) is 9.85. The molecule has 0 unspecified atom stereocenters. The van der Waals surface area contributed by atoms with Gasteiger partial charge in [-0.15, -0.1) is 5.54 Å². The SMILES string of the molecule is CN1CCN(C(=O)c2cccc(C#C[Si](C)(C)C)c2)CC1. The number of benzene rings is 1. The Labute approximate surface area is 129 Å². The highest BCUT2D eigenvalue weighted by atomic mass is 28.3. The summed E-state index contributed by atoms with van der Waals surface area (Å²) in [6.45, 7) is 10.2. The Kier molecular flexibility index (Phi) is 4.87. The summed E-state index contributed by atoms with van der Waals surface area (Å²) in [6, 6.07) is 7.72.